The van der Waals surface area contributed by atoms with Crippen molar-refractivity contribution >= 4 is 11.9 Å². The molecule has 0 bridgehead atoms. The molecule has 5 heteroatoms. The zero-order chi connectivity index (χ0) is 19.4. The van der Waals surface area contributed by atoms with E-state index in [-0.39, 0.29) is 32.7 Å². The van der Waals surface area contributed by atoms with Gasteiger partial charge < -0.3 is 14.6 Å². The van der Waals surface area contributed by atoms with E-state index >= 15 is 0 Å². The molecule has 0 radical (unpaired) electrons. The number of carbonyl (C=O) groups is 2. The number of esters is 2. The third kappa shape index (κ3) is 3.47. The third-order valence-electron chi connectivity index (χ3n) is 5.00. The van der Waals surface area contributed by atoms with Gasteiger partial charge >= 0.3 is 11.9 Å². The largest absolute Gasteiger partial charge is 0.465 e. The molecule has 1 aliphatic carbocycles. The molecular formula is C22H24O5. The fourth-order valence-electron chi connectivity index (χ4n) is 3.71. The maximum atomic E-state index is 12.7. The van der Waals surface area contributed by atoms with Crippen molar-refractivity contribution in [2.45, 2.75) is 33.3 Å². The van der Waals surface area contributed by atoms with Gasteiger partial charge in [0.2, 0.25) is 0 Å². The van der Waals surface area contributed by atoms with Gasteiger partial charge in [0.05, 0.1) is 19.8 Å². The molecule has 2 aromatic carbocycles. The number of hydrogen-bond donors (Lipinski definition) is 1. The lowest BCUT2D eigenvalue weighted by Crippen LogP contribution is -2.43. The summed E-state index contributed by atoms with van der Waals surface area (Å²) in [5.41, 5.74) is 3.08. The first-order valence-corrected chi connectivity index (χ1v) is 9.21. The minimum absolute atomic E-state index is 0.122. The molecule has 0 amide bonds. The molecule has 1 N–H and O–H groups in total. The molecule has 0 saturated carbocycles. The van der Waals surface area contributed by atoms with Crippen LogP contribution in [0.1, 0.15) is 30.5 Å². The van der Waals surface area contributed by atoms with Crippen molar-refractivity contribution in [1.29, 1.82) is 0 Å². The molecule has 1 aliphatic rings. The monoisotopic (exact) mass is 368 g/mol. The first kappa shape index (κ1) is 19.1. The quantitative estimate of drug-likeness (QED) is 0.627. The molecule has 0 aromatic heterocycles. The summed E-state index contributed by atoms with van der Waals surface area (Å²) < 4.78 is 10.4. The Hall–Kier alpha value is -2.66. The summed E-state index contributed by atoms with van der Waals surface area (Å²) in [6.07, 6.45) is 0.466. The molecule has 3 rings (SSSR count). The van der Waals surface area contributed by atoms with Crippen molar-refractivity contribution < 1.29 is 24.2 Å². The molecule has 0 fully saturated rings. The van der Waals surface area contributed by atoms with E-state index in [1.54, 1.807) is 13.8 Å². The van der Waals surface area contributed by atoms with Gasteiger partial charge in [0, 0.05) is 0 Å². The molecule has 5 nitrogen and oxygen atoms in total. The average Bonchev–Trinajstić information content (AvgIpc) is 3.08. The van der Waals surface area contributed by atoms with Crippen molar-refractivity contribution in [1.82, 2.24) is 0 Å². The number of ether oxygens (including phenoxy) is 2. The summed E-state index contributed by atoms with van der Waals surface area (Å²) >= 11 is 0. The van der Waals surface area contributed by atoms with Crippen LogP contribution in [0.5, 0.6) is 0 Å². The Bertz CT molecular complexity index is 823. The minimum atomic E-state index is -1.35. The second kappa shape index (κ2) is 7.92. The van der Waals surface area contributed by atoms with Gasteiger partial charge in [-0.15, -0.1) is 0 Å². The van der Waals surface area contributed by atoms with Gasteiger partial charge in [-0.3, -0.25) is 9.59 Å². The Morgan fingerprint density at radius 2 is 1.52 bits per heavy atom. The maximum Gasteiger partial charge on any atom is 0.324 e. The fourth-order valence-corrected chi connectivity index (χ4v) is 3.71. The van der Waals surface area contributed by atoms with E-state index in [0.29, 0.717) is 0 Å². The van der Waals surface area contributed by atoms with Gasteiger partial charge in [-0.25, -0.2) is 0 Å². The van der Waals surface area contributed by atoms with Crippen LogP contribution in [-0.4, -0.2) is 30.3 Å². The summed E-state index contributed by atoms with van der Waals surface area (Å²) in [5.74, 6) is -1.10. The van der Waals surface area contributed by atoms with Crippen LogP contribution < -0.4 is 0 Å². The SMILES string of the molecule is CCOC(=O)C1(C(=O)OCC)Cc2cc(CO)c(-c3ccccc3)cc2C1. The lowest BCUT2D eigenvalue weighted by atomic mass is 9.84. The molecule has 142 valence electrons. The van der Waals surface area contributed by atoms with Crippen LogP contribution in [-0.2, 0) is 38.5 Å². The lowest BCUT2D eigenvalue weighted by Gasteiger charge is -2.23. The van der Waals surface area contributed by atoms with Crippen LogP contribution in [0, 0.1) is 5.41 Å². The number of aliphatic hydroxyl groups is 1. The van der Waals surface area contributed by atoms with Crippen LogP contribution in [0.4, 0.5) is 0 Å². The van der Waals surface area contributed by atoms with Crippen molar-refractivity contribution in [2.75, 3.05) is 13.2 Å². The Kier molecular flexibility index (Phi) is 5.61. The van der Waals surface area contributed by atoms with E-state index in [0.717, 1.165) is 27.8 Å². The molecule has 0 atom stereocenters. The van der Waals surface area contributed by atoms with E-state index in [1.165, 1.54) is 0 Å². The third-order valence-corrected chi connectivity index (χ3v) is 5.00. The first-order valence-electron chi connectivity index (χ1n) is 9.21. The number of benzene rings is 2. The van der Waals surface area contributed by atoms with Crippen molar-refractivity contribution in [3.63, 3.8) is 0 Å². The van der Waals surface area contributed by atoms with Crippen LogP contribution >= 0.6 is 0 Å². The van der Waals surface area contributed by atoms with Crippen molar-refractivity contribution in [2.24, 2.45) is 5.41 Å². The lowest BCUT2D eigenvalue weighted by molar-refractivity contribution is -0.171. The van der Waals surface area contributed by atoms with E-state index in [1.807, 2.05) is 42.5 Å². The van der Waals surface area contributed by atoms with Crippen molar-refractivity contribution in [3.8, 4) is 11.1 Å². The van der Waals surface area contributed by atoms with Crippen LogP contribution in [0.3, 0.4) is 0 Å². The van der Waals surface area contributed by atoms with Gasteiger partial charge in [-0.05, 0) is 54.5 Å². The molecule has 0 heterocycles. The zero-order valence-electron chi connectivity index (χ0n) is 15.7. The average molecular weight is 368 g/mol. The normalized spacial score (nSPS) is 14.5. The van der Waals surface area contributed by atoms with E-state index in [4.69, 9.17) is 9.47 Å². The fraction of sp³-hybridized carbons (Fsp3) is 0.364. The molecule has 0 spiro atoms. The number of rotatable bonds is 6. The standard InChI is InChI=1S/C22H24O5/c1-3-26-20(24)22(21(25)27-4-2)12-16-10-18(14-23)19(11-17(16)13-22)15-8-6-5-7-9-15/h5-11,23H,3-4,12-14H2,1-2H3. The predicted octanol–water partition coefficient (Wildman–Crippen LogP) is 3.06. The highest BCUT2D eigenvalue weighted by molar-refractivity contribution is 6.01. The first-order chi connectivity index (χ1) is 13.1. The highest BCUT2D eigenvalue weighted by Gasteiger charge is 2.53. The second-order valence-electron chi connectivity index (χ2n) is 6.68. The summed E-state index contributed by atoms with van der Waals surface area (Å²) in [4.78, 5) is 25.4. The minimum Gasteiger partial charge on any atom is -0.465 e. The van der Waals surface area contributed by atoms with Crippen LogP contribution in [0.25, 0.3) is 11.1 Å². The van der Waals surface area contributed by atoms with E-state index < -0.39 is 17.4 Å². The molecule has 0 aliphatic heterocycles. The molecule has 0 unspecified atom stereocenters. The topological polar surface area (TPSA) is 72.8 Å². The van der Waals surface area contributed by atoms with Gasteiger partial charge in [-0.2, -0.15) is 0 Å². The Balaban J connectivity index is 2.05. The zero-order valence-corrected chi connectivity index (χ0v) is 15.7. The number of aliphatic hydroxyl groups excluding tert-OH is 1. The van der Waals surface area contributed by atoms with Gasteiger partial charge in [0.25, 0.3) is 0 Å². The maximum absolute atomic E-state index is 12.7. The van der Waals surface area contributed by atoms with Crippen molar-refractivity contribution in [3.05, 3.63) is 59.2 Å². The second-order valence-corrected chi connectivity index (χ2v) is 6.68. The van der Waals surface area contributed by atoms with Crippen LogP contribution in [0.2, 0.25) is 0 Å². The van der Waals surface area contributed by atoms with E-state index in [9.17, 15) is 14.7 Å². The number of fused-ring (bicyclic) bond motifs is 1. The molecule has 0 saturated heterocycles. The van der Waals surface area contributed by atoms with E-state index in [2.05, 4.69) is 0 Å². The Labute approximate surface area is 158 Å². The summed E-state index contributed by atoms with van der Waals surface area (Å²) in [6.45, 7) is 3.72. The summed E-state index contributed by atoms with van der Waals surface area (Å²) in [6, 6.07) is 13.6. The van der Waals surface area contributed by atoms with Gasteiger partial charge in [-0.1, -0.05) is 42.5 Å². The number of hydrogen-bond acceptors (Lipinski definition) is 5. The summed E-state index contributed by atoms with van der Waals surface area (Å²) in [7, 11) is 0. The van der Waals surface area contributed by atoms with Crippen LogP contribution in [0.15, 0.2) is 42.5 Å². The molecular weight excluding hydrogens is 344 g/mol. The Morgan fingerprint density at radius 3 is 2.04 bits per heavy atom. The number of carbonyl (C=O) groups excluding carboxylic acids is 2. The molecule has 2 aromatic rings. The smallest absolute Gasteiger partial charge is 0.324 e. The van der Waals surface area contributed by atoms with Gasteiger partial charge in [0.15, 0.2) is 5.41 Å². The summed E-state index contributed by atoms with van der Waals surface area (Å²) in [5, 5.41) is 9.84. The Morgan fingerprint density at radius 1 is 0.963 bits per heavy atom. The predicted molar refractivity (Wildman–Crippen MR) is 101 cm³/mol. The molecule has 27 heavy (non-hydrogen) atoms. The highest BCUT2D eigenvalue weighted by Crippen LogP contribution is 2.42. The highest BCUT2D eigenvalue weighted by atomic mass is 16.6. The van der Waals surface area contributed by atoms with Gasteiger partial charge in [0.1, 0.15) is 0 Å².